The Kier molecular flexibility index (Phi) is 4.77. The van der Waals surface area contributed by atoms with Gasteiger partial charge in [-0.2, -0.15) is 0 Å². The number of hydrogen-bond donors (Lipinski definition) is 1. The fourth-order valence-electron chi connectivity index (χ4n) is 1.12. The van der Waals surface area contributed by atoms with Gasteiger partial charge in [0.15, 0.2) is 5.82 Å². The van der Waals surface area contributed by atoms with E-state index >= 15 is 0 Å². The smallest absolute Gasteiger partial charge is 0.250 e. The molecule has 4 heteroatoms. The van der Waals surface area contributed by atoms with E-state index in [2.05, 4.69) is 11.6 Å². The maximum Gasteiger partial charge on any atom is 0.250 e. The number of hydrogen-bond acceptors (Lipinski definition) is 3. The van der Waals surface area contributed by atoms with Gasteiger partial charge in [-0.3, -0.25) is 0 Å². The van der Waals surface area contributed by atoms with E-state index in [4.69, 9.17) is 10.5 Å². The Balaban J connectivity index is 2.56. The topological polar surface area (TPSA) is 48.1 Å². The highest BCUT2D eigenvalue weighted by Gasteiger charge is 2.08. The fourth-order valence-corrected chi connectivity index (χ4v) is 1.12. The molecule has 0 aliphatic heterocycles. The van der Waals surface area contributed by atoms with E-state index in [1.165, 1.54) is 6.20 Å². The van der Waals surface area contributed by atoms with Crippen LogP contribution >= 0.6 is 0 Å². The molecule has 0 aliphatic rings. The van der Waals surface area contributed by atoms with Crippen molar-refractivity contribution in [3.8, 4) is 5.88 Å². The summed E-state index contributed by atoms with van der Waals surface area (Å²) in [7, 11) is 0. The number of ether oxygens (including phenoxy) is 1. The first-order valence-electron chi connectivity index (χ1n) is 4.86. The van der Waals surface area contributed by atoms with Crippen molar-refractivity contribution in [3.63, 3.8) is 0 Å². The lowest BCUT2D eigenvalue weighted by Crippen LogP contribution is -2.05. The zero-order chi connectivity index (χ0) is 11.1. The van der Waals surface area contributed by atoms with Gasteiger partial charge in [-0.15, -0.1) is 6.58 Å². The lowest BCUT2D eigenvalue weighted by Gasteiger charge is -2.07. The number of unbranched alkanes of at least 4 members (excludes halogenated alkanes) is 1. The second kappa shape index (κ2) is 6.14. The molecule has 82 valence electrons. The summed E-state index contributed by atoms with van der Waals surface area (Å²) in [5.74, 6) is -0.430. The molecule has 3 nitrogen and oxygen atoms in total. The molecule has 1 aromatic rings. The molecule has 0 bridgehead atoms. The van der Waals surface area contributed by atoms with E-state index in [9.17, 15) is 4.39 Å². The molecule has 0 aliphatic carbocycles. The molecule has 0 aromatic carbocycles. The third kappa shape index (κ3) is 3.32. The molecule has 2 N–H and O–H groups in total. The van der Waals surface area contributed by atoms with Crippen molar-refractivity contribution < 1.29 is 9.13 Å². The van der Waals surface area contributed by atoms with Crippen LogP contribution in [0.25, 0.3) is 0 Å². The summed E-state index contributed by atoms with van der Waals surface area (Å²) in [6.07, 6.45) is 4.94. The third-order valence-corrected chi connectivity index (χ3v) is 1.95. The van der Waals surface area contributed by atoms with Gasteiger partial charge in [-0.25, -0.2) is 9.37 Å². The standard InChI is InChI=1S/C11H15FN2O/c1-2-3-4-7-15-11-10(12)9(8-13)5-6-14-11/h2,5-6H,1,3-4,7-8,13H2. The van der Waals surface area contributed by atoms with Crippen molar-refractivity contribution in [2.45, 2.75) is 19.4 Å². The van der Waals surface area contributed by atoms with Crippen LogP contribution in [-0.2, 0) is 6.54 Å². The minimum Gasteiger partial charge on any atom is -0.476 e. The van der Waals surface area contributed by atoms with E-state index < -0.39 is 5.82 Å². The van der Waals surface area contributed by atoms with E-state index in [1.807, 2.05) is 0 Å². The highest BCUT2D eigenvalue weighted by atomic mass is 19.1. The molecule has 0 atom stereocenters. The molecule has 0 saturated heterocycles. The third-order valence-electron chi connectivity index (χ3n) is 1.95. The normalized spacial score (nSPS) is 10.0. The molecule has 0 saturated carbocycles. The minimum atomic E-state index is -0.460. The van der Waals surface area contributed by atoms with Crippen molar-refractivity contribution in [1.29, 1.82) is 0 Å². The van der Waals surface area contributed by atoms with E-state index in [1.54, 1.807) is 12.1 Å². The molecule has 1 aromatic heterocycles. The maximum absolute atomic E-state index is 13.5. The van der Waals surface area contributed by atoms with Gasteiger partial charge < -0.3 is 10.5 Å². The summed E-state index contributed by atoms with van der Waals surface area (Å²) < 4.78 is 18.7. The minimum absolute atomic E-state index is 0.0296. The Bertz CT molecular complexity index is 328. The van der Waals surface area contributed by atoms with Crippen molar-refractivity contribution >= 4 is 0 Å². The molecule has 0 fully saturated rings. The molecule has 1 heterocycles. The van der Waals surface area contributed by atoms with Gasteiger partial charge in [0.05, 0.1) is 6.61 Å². The average molecular weight is 210 g/mol. The van der Waals surface area contributed by atoms with Crippen LogP contribution in [0, 0.1) is 5.82 Å². The quantitative estimate of drug-likeness (QED) is 0.577. The van der Waals surface area contributed by atoms with Gasteiger partial charge in [-0.05, 0) is 18.9 Å². The van der Waals surface area contributed by atoms with E-state index in [-0.39, 0.29) is 12.4 Å². The van der Waals surface area contributed by atoms with Crippen LogP contribution in [-0.4, -0.2) is 11.6 Å². The molecule has 15 heavy (non-hydrogen) atoms. The molecule has 0 unspecified atom stereocenters. The summed E-state index contributed by atoms with van der Waals surface area (Å²) >= 11 is 0. The first-order chi connectivity index (χ1) is 7.29. The zero-order valence-corrected chi connectivity index (χ0v) is 8.58. The van der Waals surface area contributed by atoms with Gasteiger partial charge in [0.25, 0.3) is 5.88 Å². The van der Waals surface area contributed by atoms with Gasteiger partial charge in [0, 0.05) is 18.3 Å². The number of nitrogens with two attached hydrogens (primary N) is 1. The predicted octanol–water partition coefficient (Wildman–Crippen LogP) is 2.02. The van der Waals surface area contributed by atoms with Crippen LogP contribution in [0.2, 0.25) is 0 Å². The Morgan fingerprint density at radius 3 is 3.07 bits per heavy atom. The van der Waals surface area contributed by atoms with Gasteiger partial charge in [-0.1, -0.05) is 6.08 Å². The Morgan fingerprint density at radius 2 is 2.40 bits per heavy atom. The first-order valence-corrected chi connectivity index (χ1v) is 4.86. The summed E-state index contributed by atoms with van der Waals surface area (Å²) in [5.41, 5.74) is 5.78. The van der Waals surface area contributed by atoms with Gasteiger partial charge in [0.2, 0.25) is 0 Å². The monoisotopic (exact) mass is 210 g/mol. The fraction of sp³-hybridized carbons (Fsp3) is 0.364. The number of rotatable bonds is 6. The van der Waals surface area contributed by atoms with Crippen LogP contribution in [0.15, 0.2) is 24.9 Å². The lowest BCUT2D eigenvalue weighted by atomic mass is 10.2. The summed E-state index contributed by atoms with van der Waals surface area (Å²) in [4.78, 5) is 3.81. The summed E-state index contributed by atoms with van der Waals surface area (Å²) in [6, 6.07) is 1.55. The molecular weight excluding hydrogens is 195 g/mol. The Hall–Kier alpha value is -1.42. The first kappa shape index (κ1) is 11.7. The maximum atomic E-state index is 13.5. The number of pyridine rings is 1. The average Bonchev–Trinajstić information content (AvgIpc) is 2.26. The second-order valence-corrected chi connectivity index (χ2v) is 3.07. The SMILES string of the molecule is C=CCCCOc1nccc(CN)c1F. The number of halogens is 1. The van der Waals surface area contributed by atoms with E-state index in [0.717, 1.165) is 12.8 Å². The number of aromatic nitrogens is 1. The summed E-state index contributed by atoms with van der Waals surface area (Å²) in [6.45, 7) is 4.17. The number of allylic oxidation sites excluding steroid dienone is 1. The van der Waals surface area contributed by atoms with Gasteiger partial charge >= 0.3 is 0 Å². The predicted molar refractivity (Wildman–Crippen MR) is 57.0 cm³/mol. The van der Waals surface area contributed by atoms with Crippen LogP contribution in [0.4, 0.5) is 4.39 Å². The number of nitrogens with zero attached hydrogens (tertiary/aromatic N) is 1. The Labute approximate surface area is 88.8 Å². The van der Waals surface area contributed by atoms with Gasteiger partial charge in [0.1, 0.15) is 0 Å². The lowest BCUT2D eigenvalue weighted by molar-refractivity contribution is 0.283. The molecular formula is C11H15FN2O. The van der Waals surface area contributed by atoms with Crippen molar-refractivity contribution in [1.82, 2.24) is 4.98 Å². The van der Waals surface area contributed by atoms with Crippen LogP contribution in [0.1, 0.15) is 18.4 Å². The van der Waals surface area contributed by atoms with Crippen molar-refractivity contribution in [3.05, 3.63) is 36.3 Å². The zero-order valence-electron chi connectivity index (χ0n) is 8.58. The Morgan fingerprint density at radius 1 is 1.60 bits per heavy atom. The van der Waals surface area contributed by atoms with Crippen LogP contribution in [0.5, 0.6) is 5.88 Å². The molecule has 0 radical (unpaired) electrons. The highest BCUT2D eigenvalue weighted by molar-refractivity contribution is 5.23. The molecule has 1 rings (SSSR count). The van der Waals surface area contributed by atoms with Crippen molar-refractivity contribution in [2.75, 3.05) is 6.61 Å². The second-order valence-electron chi connectivity index (χ2n) is 3.07. The highest BCUT2D eigenvalue weighted by Crippen LogP contribution is 2.16. The largest absolute Gasteiger partial charge is 0.476 e. The van der Waals surface area contributed by atoms with Crippen LogP contribution < -0.4 is 10.5 Å². The van der Waals surface area contributed by atoms with Crippen LogP contribution in [0.3, 0.4) is 0 Å². The molecule has 0 spiro atoms. The molecule has 0 amide bonds. The summed E-state index contributed by atoms with van der Waals surface area (Å²) in [5, 5.41) is 0. The van der Waals surface area contributed by atoms with E-state index in [0.29, 0.717) is 12.2 Å². The van der Waals surface area contributed by atoms with Crippen molar-refractivity contribution in [2.24, 2.45) is 5.73 Å².